The van der Waals surface area contributed by atoms with Gasteiger partial charge >= 0.3 is 0 Å². The SMILES string of the molecule is O=C(Nc1ccccc1-c1csc(-c2ccccc2F)n1)c1cccs1. The Kier molecular flexibility index (Phi) is 4.60. The van der Waals surface area contributed by atoms with E-state index in [-0.39, 0.29) is 11.7 Å². The third-order valence-electron chi connectivity index (χ3n) is 3.80. The minimum absolute atomic E-state index is 0.156. The average Bonchev–Trinajstić information content (AvgIpc) is 3.35. The van der Waals surface area contributed by atoms with Crippen LogP contribution in [0.1, 0.15) is 9.67 Å². The molecule has 2 aromatic heterocycles. The molecule has 0 saturated heterocycles. The molecule has 0 radical (unpaired) electrons. The summed E-state index contributed by atoms with van der Waals surface area (Å²) in [4.78, 5) is 17.6. The van der Waals surface area contributed by atoms with Crippen LogP contribution in [0.3, 0.4) is 0 Å². The Morgan fingerprint density at radius 1 is 0.923 bits per heavy atom. The molecule has 128 valence electrons. The Morgan fingerprint density at radius 3 is 2.46 bits per heavy atom. The lowest BCUT2D eigenvalue weighted by atomic mass is 10.1. The molecule has 0 aliphatic heterocycles. The molecule has 6 heteroatoms. The van der Waals surface area contributed by atoms with Gasteiger partial charge in [0.2, 0.25) is 0 Å². The predicted octanol–water partition coefficient (Wildman–Crippen LogP) is 5.93. The maximum atomic E-state index is 14.0. The van der Waals surface area contributed by atoms with Gasteiger partial charge in [-0.15, -0.1) is 22.7 Å². The number of hydrogen-bond acceptors (Lipinski definition) is 4. The van der Waals surface area contributed by atoms with Crippen molar-refractivity contribution in [3.8, 4) is 21.8 Å². The third kappa shape index (κ3) is 3.29. The first-order valence-corrected chi connectivity index (χ1v) is 9.63. The van der Waals surface area contributed by atoms with Gasteiger partial charge in [0.1, 0.15) is 10.8 Å². The van der Waals surface area contributed by atoms with Crippen LogP contribution in [0.4, 0.5) is 10.1 Å². The molecule has 1 N–H and O–H groups in total. The number of anilines is 1. The lowest BCUT2D eigenvalue weighted by Crippen LogP contribution is -2.10. The zero-order chi connectivity index (χ0) is 17.9. The van der Waals surface area contributed by atoms with Crippen molar-refractivity contribution in [2.45, 2.75) is 0 Å². The highest BCUT2D eigenvalue weighted by atomic mass is 32.1. The summed E-state index contributed by atoms with van der Waals surface area (Å²) < 4.78 is 14.0. The maximum absolute atomic E-state index is 14.0. The summed E-state index contributed by atoms with van der Waals surface area (Å²) in [5, 5.41) is 7.28. The first-order chi connectivity index (χ1) is 12.7. The fourth-order valence-corrected chi connectivity index (χ4v) is 4.03. The number of halogens is 1. The highest BCUT2D eigenvalue weighted by Gasteiger charge is 2.14. The summed E-state index contributed by atoms with van der Waals surface area (Å²) in [6.45, 7) is 0. The molecule has 2 aromatic carbocycles. The molecular formula is C20H13FN2OS2. The first-order valence-electron chi connectivity index (χ1n) is 7.87. The zero-order valence-corrected chi connectivity index (χ0v) is 15.1. The molecular weight excluding hydrogens is 367 g/mol. The zero-order valence-electron chi connectivity index (χ0n) is 13.5. The number of rotatable bonds is 4. The second kappa shape index (κ2) is 7.19. The van der Waals surface area contributed by atoms with E-state index in [0.29, 0.717) is 26.8 Å². The van der Waals surface area contributed by atoms with Crippen molar-refractivity contribution in [2.24, 2.45) is 0 Å². The van der Waals surface area contributed by atoms with E-state index in [9.17, 15) is 9.18 Å². The Hall–Kier alpha value is -2.83. The Labute approximate surface area is 157 Å². The molecule has 0 unspecified atom stereocenters. The van der Waals surface area contributed by atoms with Gasteiger partial charge in [0, 0.05) is 16.5 Å². The number of benzene rings is 2. The number of carbonyl (C=O) groups excluding carboxylic acids is 1. The molecule has 0 fully saturated rings. The van der Waals surface area contributed by atoms with E-state index < -0.39 is 0 Å². The van der Waals surface area contributed by atoms with E-state index in [1.165, 1.54) is 28.7 Å². The molecule has 0 aliphatic carbocycles. The van der Waals surface area contributed by atoms with E-state index in [2.05, 4.69) is 10.3 Å². The van der Waals surface area contributed by atoms with Gasteiger partial charge in [0.25, 0.3) is 5.91 Å². The molecule has 26 heavy (non-hydrogen) atoms. The second-order valence-corrected chi connectivity index (χ2v) is 7.30. The van der Waals surface area contributed by atoms with Crippen LogP contribution in [0.2, 0.25) is 0 Å². The van der Waals surface area contributed by atoms with E-state index in [4.69, 9.17) is 0 Å². The minimum atomic E-state index is -0.298. The molecule has 0 atom stereocenters. The number of para-hydroxylation sites is 1. The quantitative estimate of drug-likeness (QED) is 0.477. The van der Waals surface area contributed by atoms with Gasteiger partial charge in [-0.05, 0) is 29.6 Å². The van der Waals surface area contributed by atoms with Crippen molar-refractivity contribution in [1.29, 1.82) is 0 Å². The van der Waals surface area contributed by atoms with E-state index in [1.54, 1.807) is 24.3 Å². The molecule has 1 amide bonds. The molecule has 4 aromatic rings. The van der Waals surface area contributed by atoms with Crippen LogP contribution < -0.4 is 5.32 Å². The van der Waals surface area contributed by atoms with Crippen molar-refractivity contribution in [3.63, 3.8) is 0 Å². The van der Waals surface area contributed by atoms with Crippen LogP contribution in [0, 0.1) is 5.82 Å². The number of carbonyl (C=O) groups is 1. The Bertz CT molecular complexity index is 1060. The summed E-state index contributed by atoms with van der Waals surface area (Å²) in [7, 11) is 0. The van der Waals surface area contributed by atoms with E-state index in [0.717, 1.165) is 5.56 Å². The summed E-state index contributed by atoms with van der Waals surface area (Å²) in [6, 6.07) is 17.7. The van der Waals surface area contributed by atoms with Crippen LogP contribution in [0.5, 0.6) is 0 Å². The molecule has 3 nitrogen and oxygen atoms in total. The fourth-order valence-electron chi connectivity index (χ4n) is 2.56. The van der Waals surface area contributed by atoms with Crippen molar-refractivity contribution in [3.05, 3.63) is 82.1 Å². The van der Waals surface area contributed by atoms with Crippen molar-refractivity contribution in [1.82, 2.24) is 4.98 Å². The number of aromatic nitrogens is 1. The van der Waals surface area contributed by atoms with Crippen molar-refractivity contribution >= 4 is 34.3 Å². The predicted molar refractivity (Wildman–Crippen MR) is 105 cm³/mol. The van der Waals surface area contributed by atoms with Crippen LogP contribution in [-0.4, -0.2) is 10.9 Å². The van der Waals surface area contributed by atoms with Crippen LogP contribution in [0.15, 0.2) is 71.4 Å². The number of thiophene rings is 1. The number of hydrogen-bond donors (Lipinski definition) is 1. The summed E-state index contributed by atoms with van der Waals surface area (Å²) in [5.41, 5.74) is 2.66. The smallest absolute Gasteiger partial charge is 0.265 e. The third-order valence-corrected chi connectivity index (χ3v) is 5.55. The number of thiazole rings is 1. The summed E-state index contributed by atoms with van der Waals surface area (Å²) >= 11 is 2.76. The lowest BCUT2D eigenvalue weighted by Gasteiger charge is -2.08. The van der Waals surface area contributed by atoms with Crippen LogP contribution in [0.25, 0.3) is 21.8 Å². The number of amides is 1. The summed E-state index contributed by atoms with van der Waals surface area (Å²) in [5.74, 6) is -0.454. The Balaban J connectivity index is 1.67. The minimum Gasteiger partial charge on any atom is -0.321 e. The van der Waals surface area contributed by atoms with Gasteiger partial charge in [0.05, 0.1) is 16.3 Å². The monoisotopic (exact) mass is 380 g/mol. The van der Waals surface area contributed by atoms with Gasteiger partial charge in [-0.25, -0.2) is 9.37 Å². The van der Waals surface area contributed by atoms with Gasteiger partial charge in [-0.3, -0.25) is 4.79 Å². The molecule has 2 heterocycles. The van der Waals surface area contributed by atoms with E-state index >= 15 is 0 Å². The van der Waals surface area contributed by atoms with E-state index in [1.807, 2.05) is 41.1 Å². The van der Waals surface area contributed by atoms with Crippen molar-refractivity contribution in [2.75, 3.05) is 5.32 Å². The first kappa shape index (κ1) is 16.6. The van der Waals surface area contributed by atoms with Crippen molar-refractivity contribution < 1.29 is 9.18 Å². The van der Waals surface area contributed by atoms with Gasteiger partial charge in [-0.2, -0.15) is 0 Å². The Morgan fingerprint density at radius 2 is 1.69 bits per heavy atom. The standard InChI is InChI=1S/C20H13FN2OS2/c21-15-8-3-1-6-13(15)20-23-17(12-26-20)14-7-2-4-9-16(14)22-19(24)18-10-5-11-25-18/h1-12H,(H,22,24). The number of nitrogens with one attached hydrogen (secondary N) is 1. The molecule has 0 spiro atoms. The topological polar surface area (TPSA) is 42.0 Å². The largest absolute Gasteiger partial charge is 0.321 e. The average molecular weight is 380 g/mol. The highest BCUT2D eigenvalue weighted by molar-refractivity contribution is 7.13. The van der Waals surface area contributed by atoms with Gasteiger partial charge in [-0.1, -0.05) is 36.4 Å². The van der Waals surface area contributed by atoms with Crippen LogP contribution in [-0.2, 0) is 0 Å². The lowest BCUT2D eigenvalue weighted by molar-refractivity contribution is 0.103. The highest BCUT2D eigenvalue weighted by Crippen LogP contribution is 2.33. The molecule has 0 bridgehead atoms. The molecule has 0 saturated carbocycles. The normalized spacial score (nSPS) is 10.7. The fraction of sp³-hybridized carbons (Fsp3) is 0. The van der Waals surface area contributed by atoms with Gasteiger partial charge in [0.15, 0.2) is 0 Å². The summed E-state index contributed by atoms with van der Waals surface area (Å²) in [6.07, 6.45) is 0. The van der Waals surface area contributed by atoms with Gasteiger partial charge < -0.3 is 5.32 Å². The molecule has 4 rings (SSSR count). The molecule has 0 aliphatic rings. The number of nitrogens with zero attached hydrogens (tertiary/aromatic N) is 1. The van der Waals surface area contributed by atoms with Crippen LogP contribution >= 0.6 is 22.7 Å². The second-order valence-electron chi connectivity index (χ2n) is 5.49. The maximum Gasteiger partial charge on any atom is 0.265 e.